The van der Waals surface area contributed by atoms with Crippen molar-refractivity contribution in [3.8, 4) is 0 Å². The van der Waals surface area contributed by atoms with E-state index in [1.807, 2.05) is 0 Å². The van der Waals surface area contributed by atoms with Crippen molar-refractivity contribution in [1.29, 1.82) is 0 Å². The fraction of sp³-hybridized carbons (Fsp3) is 0.273. The maximum Gasteiger partial charge on any atom is 0.340 e. The number of alkyl halides is 1. The second-order valence-corrected chi connectivity index (χ2v) is 2.99. The van der Waals surface area contributed by atoms with Crippen molar-refractivity contribution in [3.05, 3.63) is 37.0 Å². The van der Waals surface area contributed by atoms with Gasteiger partial charge >= 0.3 is 11.9 Å². The summed E-state index contributed by atoms with van der Waals surface area (Å²) in [4.78, 5) is 21.3. The van der Waals surface area contributed by atoms with Crippen LogP contribution in [0.4, 0.5) is 0 Å². The van der Waals surface area contributed by atoms with Gasteiger partial charge in [-0.15, -0.1) is 18.2 Å². The fourth-order valence-electron chi connectivity index (χ4n) is 0.258. The van der Waals surface area contributed by atoms with E-state index in [4.69, 9.17) is 11.6 Å². The van der Waals surface area contributed by atoms with Gasteiger partial charge in [0.2, 0.25) is 0 Å². The van der Waals surface area contributed by atoms with E-state index in [9.17, 15) is 9.59 Å². The van der Waals surface area contributed by atoms with Gasteiger partial charge in [-0.3, -0.25) is 0 Å². The molecular weight excluding hydrogens is 216 g/mol. The standard InChI is InChI=1S/C8H10O3.C3H5Cl/c1-5(2)7(9)11-8(10)6(3)4;1-2-3-4/h1,3H2,2,4H3;2H,1,3H2. The lowest BCUT2D eigenvalue weighted by atomic mass is 10.3. The normalized spacial score (nSPS) is 7.93. The Hall–Kier alpha value is -1.35. The third-order valence-corrected chi connectivity index (χ3v) is 1.21. The Morgan fingerprint density at radius 2 is 1.47 bits per heavy atom. The van der Waals surface area contributed by atoms with Crippen molar-refractivity contribution < 1.29 is 14.3 Å². The number of carbonyl (C=O) groups is 2. The molecule has 3 nitrogen and oxygen atoms in total. The van der Waals surface area contributed by atoms with Crippen molar-refractivity contribution >= 4 is 23.5 Å². The minimum absolute atomic E-state index is 0.194. The van der Waals surface area contributed by atoms with Crippen molar-refractivity contribution in [2.75, 3.05) is 5.88 Å². The number of hydrogen-bond donors (Lipinski definition) is 0. The zero-order chi connectivity index (χ0) is 12.4. The molecule has 0 amide bonds. The number of allylic oxidation sites excluding steroid dienone is 1. The summed E-state index contributed by atoms with van der Waals surface area (Å²) < 4.78 is 4.30. The molecule has 0 radical (unpaired) electrons. The first kappa shape index (κ1) is 16.1. The smallest absolute Gasteiger partial charge is 0.340 e. The molecule has 0 unspecified atom stereocenters. The minimum atomic E-state index is -0.710. The van der Waals surface area contributed by atoms with Crippen LogP contribution < -0.4 is 0 Å². The van der Waals surface area contributed by atoms with E-state index in [0.29, 0.717) is 5.88 Å². The SMILES string of the molecule is C=C(C)C(=O)OC(=O)C(=C)C.C=CCCl. The Labute approximate surface area is 95.1 Å². The van der Waals surface area contributed by atoms with Gasteiger partial charge in [0, 0.05) is 17.0 Å². The highest BCUT2D eigenvalue weighted by Gasteiger charge is 2.10. The summed E-state index contributed by atoms with van der Waals surface area (Å²) in [5, 5.41) is 0. The predicted molar refractivity (Wildman–Crippen MR) is 61.6 cm³/mol. The second kappa shape index (κ2) is 9.21. The van der Waals surface area contributed by atoms with Gasteiger partial charge in [-0.25, -0.2) is 9.59 Å². The summed E-state index contributed by atoms with van der Waals surface area (Å²) >= 11 is 5.07. The molecule has 0 atom stereocenters. The molecule has 0 aromatic carbocycles. The van der Waals surface area contributed by atoms with E-state index in [1.165, 1.54) is 13.8 Å². The van der Waals surface area contributed by atoms with Gasteiger partial charge in [0.25, 0.3) is 0 Å². The Balaban J connectivity index is 0. The molecule has 0 saturated heterocycles. The summed E-state index contributed by atoms with van der Waals surface area (Å²) in [5.74, 6) is -0.865. The lowest BCUT2D eigenvalue weighted by molar-refractivity contribution is -0.153. The number of halogens is 1. The zero-order valence-electron chi connectivity index (χ0n) is 9.01. The lowest BCUT2D eigenvalue weighted by Crippen LogP contribution is -2.12. The molecule has 0 aromatic heterocycles. The number of esters is 2. The molecule has 0 aliphatic carbocycles. The summed E-state index contributed by atoms with van der Waals surface area (Å²) in [6.07, 6.45) is 1.64. The van der Waals surface area contributed by atoms with Crippen molar-refractivity contribution in [3.63, 3.8) is 0 Å². The third-order valence-electron chi connectivity index (χ3n) is 0.991. The molecule has 4 heteroatoms. The molecule has 0 aliphatic heterocycles. The van der Waals surface area contributed by atoms with Crippen LogP contribution in [0.25, 0.3) is 0 Å². The first-order valence-electron chi connectivity index (χ1n) is 4.11. The summed E-state index contributed by atoms with van der Waals surface area (Å²) in [5.41, 5.74) is 0.388. The van der Waals surface area contributed by atoms with E-state index in [1.54, 1.807) is 6.08 Å². The summed E-state index contributed by atoms with van der Waals surface area (Å²) in [6.45, 7) is 12.9. The van der Waals surface area contributed by atoms with Gasteiger partial charge in [-0.05, 0) is 13.8 Å². The molecule has 0 rings (SSSR count). The van der Waals surface area contributed by atoms with E-state index in [0.717, 1.165) is 0 Å². The number of ether oxygens (including phenoxy) is 1. The van der Waals surface area contributed by atoms with Crippen LogP contribution in [-0.4, -0.2) is 17.8 Å². The first-order valence-corrected chi connectivity index (χ1v) is 4.64. The van der Waals surface area contributed by atoms with Gasteiger partial charge in [0.05, 0.1) is 0 Å². The molecule has 0 spiro atoms. The zero-order valence-corrected chi connectivity index (χ0v) is 9.76. The van der Waals surface area contributed by atoms with E-state index >= 15 is 0 Å². The minimum Gasteiger partial charge on any atom is -0.386 e. The van der Waals surface area contributed by atoms with Crippen LogP contribution in [0.2, 0.25) is 0 Å². The topological polar surface area (TPSA) is 43.4 Å². The van der Waals surface area contributed by atoms with E-state index in [2.05, 4.69) is 24.5 Å². The average molecular weight is 231 g/mol. The van der Waals surface area contributed by atoms with Crippen molar-refractivity contribution in [2.24, 2.45) is 0 Å². The van der Waals surface area contributed by atoms with Crippen LogP contribution in [0.5, 0.6) is 0 Å². The van der Waals surface area contributed by atoms with Crippen LogP contribution in [0, 0.1) is 0 Å². The van der Waals surface area contributed by atoms with Gasteiger partial charge in [0.1, 0.15) is 0 Å². The van der Waals surface area contributed by atoms with Gasteiger partial charge in [0.15, 0.2) is 0 Å². The Morgan fingerprint density at radius 3 is 1.60 bits per heavy atom. The molecule has 0 N–H and O–H groups in total. The predicted octanol–water partition coefficient (Wildman–Crippen LogP) is 2.62. The first-order chi connectivity index (χ1) is 6.86. The van der Waals surface area contributed by atoms with Crippen LogP contribution in [0.1, 0.15) is 13.8 Å². The van der Waals surface area contributed by atoms with Gasteiger partial charge < -0.3 is 4.74 Å². The van der Waals surface area contributed by atoms with Crippen LogP contribution in [-0.2, 0) is 14.3 Å². The van der Waals surface area contributed by atoms with Gasteiger partial charge in [-0.2, -0.15) is 0 Å². The number of hydrogen-bond acceptors (Lipinski definition) is 3. The molecule has 0 aliphatic rings. The largest absolute Gasteiger partial charge is 0.386 e. The molecule has 15 heavy (non-hydrogen) atoms. The highest BCUT2D eigenvalue weighted by molar-refractivity contribution is 6.18. The molecule has 0 aromatic rings. The quantitative estimate of drug-likeness (QED) is 0.246. The summed E-state index contributed by atoms with van der Waals surface area (Å²) in [7, 11) is 0. The number of carbonyl (C=O) groups excluding carboxylic acids is 2. The van der Waals surface area contributed by atoms with Crippen molar-refractivity contribution in [2.45, 2.75) is 13.8 Å². The maximum absolute atomic E-state index is 10.7. The fourth-order valence-corrected chi connectivity index (χ4v) is 0.258. The molecular formula is C11H15ClO3. The number of rotatable bonds is 3. The van der Waals surface area contributed by atoms with Gasteiger partial charge in [-0.1, -0.05) is 19.2 Å². The Morgan fingerprint density at radius 1 is 1.20 bits per heavy atom. The van der Waals surface area contributed by atoms with E-state index < -0.39 is 11.9 Å². The molecule has 0 fully saturated rings. The molecule has 84 valence electrons. The second-order valence-electron chi connectivity index (χ2n) is 2.68. The monoisotopic (exact) mass is 230 g/mol. The highest BCUT2D eigenvalue weighted by Crippen LogP contribution is 1.97. The highest BCUT2D eigenvalue weighted by atomic mass is 35.5. The third kappa shape index (κ3) is 10.6. The molecule has 0 bridgehead atoms. The molecule has 0 heterocycles. The van der Waals surface area contributed by atoms with E-state index in [-0.39, 0.29) is 11.1 Å². The van der Waals surface area contributed by atoms with Crippen LogP contribution in [0.15, 0.2) is 37.0 Å². The lowest BCUT2D eigenvalue weighted by Gasteiger charge is -1.99. The van der Waals surface area contributed by atoms with Crippen molar-refractivity contribution in [1.82, 2.24) is 0 Å². The Bertz CT molecular complexity index is 256. The maximum atomic E-state index is 10.7. The summed E-state index contributed by atoms with van der Waals surface area (Å²) in [6, 6.07) is 0. The van der Waals surface area contributed by atoms with Crippen LogP contribution >= 0.6 is 11.6 Å². The Kier molecular flexibility index (Phi) is 9.89. The van der Waals surface area contributed by atoms with Crippen LogP contribution in [0.3, 0.4) is 0 Å². The molecule has 0 saturated carbocycles. The average Bonchev–Trinajstić information content (AvgIpc) is 2.17.